The summed E-state index contributed by atoms with van der Waals surface area (Å²) in [6.07, 6.45) is 1.34. The lowest BCUT2D eigenvalue weighted by Gasteiger charge is -2.16. The van der Waals surface area contributed by atoms with Gasteiger partial charge in [-0.2, -0.15) is 0 Å². The molecule has 0 N–H and O–H groups in total. The van der Waals surface area contributed by atoms with E-state index >= 15 is 0 Å². The van der Waals surface area contributed by atoms with E-state index < -0.39 is 0 Å². The highest BCUT2D eigenvalue weighted by Crippen LogP contribution is 2.23. The maximum atomic E-state index is 12.1. The number of carbonyl (C=O) groups is 2. The van der Waals surface area contributed by atoms with Crippen LogP contribution in [-0.4, -0.2) is 34.0 Å². The molecule has 1 aromatic carbocycles. The number of nitrogens with zero attached hydrogens (tertiary/aromatic N) is 1. The van der Waals surface area contributed by atoms with Crippen LogP contribution in [0.5, 0.6) is 0 Å². The Labute approximate surface area is 122 Å². The predicted octanol–water partition coefficient (Wildman–Crippen LogP) is 3.30. The molecule has 0 aliphatic carbocycles. The lowest BCUT2D eigenvalue weighted by Crippen LogP contribution is -2.31. The van der Waals surface area contributed by atoms with Gasteiger partial charge in [0.1, 0.15) is 0 Å². The molecule has 2 amide bonds. The van der Waals surface area contributed by atoms with Crippen molar-refractivity contribution in [2.45, 2.75) is 30.5 Å². The normalized spacial score (nSPS) is 17.5. The van der Waals surface area contributed by atoms with Gasteiger partial charge >= 0.3 is 0 Å². The van der Waals surface area contributed by atoms with Crippen molar-refractivity contribution in [1.29, 1.82) is 0 Å². The molecule has 1 aliphatic rings. The van der Waals surface area contributed by atoms with Crippen LogP contribution in [0.15, 0.2) is 24.3 Å². The summed E-state index contributed by atoms with van der Waals surface area (Å²) in [6.45, 7) is 2.22. The lowest BCUT2D eigenvalue weighted by atomic mass is 10.1. The number of rotatable bonds is 5. The second kappa shape index (κ2) is 5.93. The Morgan fingerprint density at radius 1 is 1.11 bits per heavy atom. The maximum absolute atomic E-state index is 12.1. The van der Waals surface area contributed by atoms with Gasteiger partial charge in [-0.05, 0) is 31.9 Å². The first-order chi connectivity index (χ1) is 9.02. The molecule has 1 aromatic rings. The molecular formula is C14H15Cl2NO2. The van der Waals surface area contributed by atoms with Gasteiger partial charge in [-0.15, -0.1) is 23.2 Å². The fourth-order valence-electron chi connectivity index (χ4n) is 2.12. The third kappa shape index (κ3) is 2.93. The molecule has 0 saturated heterocycles. The molecule has 0 unspecified atom stereocenters. The summed E-state index contributed by atoms with van der Waals surface area (Å²) in [5.41, 5.74) is 0.973. The molecule has 1 aliphatic heterocycles. The monoisotopic (exact) mass is 299 g/mol. The topological polar surface area (TPSA) is 37.4 Å². The van der Waals surface area contributed by atoms with Gasteiger partial charge in [-0.3, -0.25) is 14.5 Å². The smallest absolute Gasteiger partial charge is 0.261 e. The highest BCUT2D eigenvalue weighted by molar-refractivity contribution is 6.29. The Hall–Kier alpha value is -1.06. The van der Waals surface area contributed by atoms with Crippen molar-refractivity contribution >= 4 is 35.0 Å². The van der Waals surface area contributed by atoms with E-state index in [1.54, 1.807) is 24.3 Å². The minimum absolute atomic E-state index is 0.121. The van der Waals surface area contributed by atoms with E-state index in [1.807, 2.05) is 6.92 Å². The van der Waals surface area contributed by atoms with Crippen molar-refractivity contribution in [3.8, 4) is 0 Å². The minimum Gasteiger partial charge on any atom is -0.274 e. The summed E-state index contributed by atoms with van der Waals surface area (Å²) in [5, 5.41) is -0.263. The van der Waals surface area contributed by atoms with Crippen LogP contribution in [0, 0.1) is 0 Å². The highest BCUT2D eigenvalue weighted by atomic mass is 35.5. The third-order valence-electron chi connectivity index (χ3n) is 3.24. The number of alkyl halides is 2. The zero-order valence-electron chi connectivity index (χ0n) is 10.6. The number of carbonyl (C=O) groups excluding carboxylic acids is 2. The summed E-state index contributed by atoms with van der Waals surface area (Å²) in [6, 6.07) is 6.89. The first kappa shape index (κ1) is 14.4. The van der Waals surface area contributed by atoms with Gasteiger partial charge in [0, 0.05) is 17.3 Å². The molecule has 5 heteroatoms. The van der Waals surface area contributed by atoms with Crippen molar-refractivity contribution in [3.63, 3.8) is 0 Å². The standard InChI is InChI=1S/C14H15Cl2NO2/c1-9(15)12(16)7-4-8-17-13(18)10-5-2-3-6-11(10)14(17)19/h2-3,5-6,9,12H,4,7-8H2,1H3/t9-,12+/m0/s1. The van der Waals surface area contributed by atoms with Crippen LogP contribution in [0.1, 0.15) is 40.5 Å². The Balaban J connectivity index is 1.97. The van der Waals surface area contributed by atoms with E-state index in [9.17, 15) is 9.59 Å². The number of hydrogen-bond donors (Lipinski definition) is 0. The lowest BCUT2D eigenvalue weighted by molar-refractivity contribution is 0.0651. The van der Waals surface area contributed by atoms with Gasteiger partial charge in [0.15, 0.2) is 0 Å². The van der Waals surface area contributed by atoms with Gasteiger partial charge in [0.05, 0.1) is 11.1 Å². The number of amides is 2. The van der Waals surface area contributed by atoms with Crippen LogP contribution in [0.25, 0.3) is 0 Å². The molecule has 2 atom stereocenters. The van der Waals surface area contributed by atoms with Crippen molar-refractivity contribution in [3.05, 3.63) is 35.4 Å². The van der Waals surface area contributed by atoms with Gasteiger partial charge < -0.3 is 0 Å². The molecule has 0 radical (unpaired) electrons. The molecule has 0 saturated carbocycles. The van der Waals surface area contributed by atoms with Crippen LogP contribution in [0.2, 0.25) is 0 Å². The fraction of sp³-hybridized carbons (Fsp3) is 0.429. The van der Waals surface area contributed by atoms with Gasteiger partial charge in [-0.1, -0.05) is 12.1 Å². The Bertz CT molecular complexity index is 467. The van der Waals surface area contributed by atoms with Crippen molar-refractivity contribution in [1.82, 2.24) is 4.90 Å². The third-order valence-corrected chi connectivity index (χ3v) is 4.27. The largest absolute Gasteiger partial charge is 0.274 e. The van der Waals surface area contributed by atoms with Crippen molar-refractivity contribution in [2.24, 2.45) is 0 Å². The second-order valence-electron chi connectivity index (χ2n) is 4.64. The zero-order valence-corrected chi connectivity index (χ0v) is 12.1. The maximum Gasteiger partial charge on any atom is 0.261 e. The second-order valence-corrected chi connectivity index (χ2v) is 5.89. The Morgan fingerprint density at radius 3 is 2.11 bits per heavy atom. The molecule has 1 heterocycles. The first-order valence-electron chi connectivity index (χ1n) is 6.25. The van der Waals surface area contributed by atoms with Crippen molar-refractivity contribution < 1.29 is 9.59 Å². The van der Waals surface area contributed by atoms with E-state index in [-0.39, 0.29) is 22.6 Å². The zero-order chi connectivity index (χ0) is 14.0. The number of benzene rings is 1. The summed E-state index contributed by atoms with van der Waals surface area (Å²) < 4.78 is 0. The first-order valence-corrected chi connectivity index (χ1v) is 7.13. The van der Waals surface area contributed by atoms with Crippen molar-refractivity contribution in [2.75, 3.05) is 6.54 Å². The quantitative estimate of drug-likeness (QED) is 0.618. The number of halogens is 2. The number of imide groups is 1. The minimum atomic E-state index is -0.217. The molecule has 0 bridgehead atoms. The molecule has 19 heavy (non-hydrogen) atoms. The van der Waals surface area contributed by atoms with Crippen LogP contribution in [0.3, 0.4) is 0 Å². The van der Waals surface area contributed by atoms with Crippen LogP contribution >= 0.6 is 23.2 Å². The van der Waals surface area contributed by atoms with E-state index in [2.05, 4.69) is 0 Å². The molecule has 0 spiro atoms. The van der Waals surface area contributed by atoms with Crippen LogP contribution < -0.4 is 0 Å². The summed E-state index contributed by atoms with van der Waals surface area (Å²) in [7, 11) is 0. The molecule has 3 nitrogen and oxygen atoms in total. The molecule has 0 aromatic heterocycles. The molecule has 2 rings (SSSR count). The SMILES string of the molecule is C[C@H](Cl)[C@H](Cl)CCCN1C(=O)c2ccccc2C1=O. The number of fused-ring (bicyclic) bond motifs is 1. The summed E-state index contributed by atoms with van der Waals surface area (Å²) in [4.78, 5) is 25.4. The molecule has 0 fully saturated rings. The van der Waals surface area contributed by atoms with Crippen LogP contribution in [-0.2, 0) is 0 Å². The summed E-state index contributed by atoms with van der Waals surface area (Å²) >= 11 is 11.9. The van der Waals surface area contributed by atoms with Crippen LogP contribution in [0.4, 0.5) is 0 Å². The van der Waals surface area contributed by atoms with E-state index in [4.69, 9.17) is 23.2 Å². The van der Waals surface area contributed by atoms with E-state index in [1.165, 1.54) is 4.90 Å². The number of hydrogen-bond acceptors (Lipinski definition) is 2. The Kier molecular flexibility index (Phi) is 4.48. The van der Waals surface area contributed by atoms with Gasteiger partial charge in [0.2, 0.25) is 0 Å². The molecule has 102 valence electrons. The molecular weight excluding hydrogens is 285 g/mol. The summed E-state index contributed by atoms with van der Waals surface area (Å²) in [5.74, 6) is -0.434. The van der Waals surface area contributed by atoms with Gasteiger partial charge in [-0.25, -0.2) is 0 Å². The fourth-order valence-corrected chi connectivity index (χ4v) is 2.40. The average molecular weight is 300 g/mol. The predicted molar refractivity (Wildman–Crippen MR) is 76.0 cm³/mol. The average Bonchev–Trinajstić information content (AvgIpc) is 2.64. The van der Waals surface area contributed by atoms with Gasteiger partial charge in [0.25, 0.3) is 11.8 Å². The van der Waals surface area contributed by atoms with E-state index in [0.717, 1.165) is 0 Å². The highest BCUT2D eigenvalue weighted by Gasteiger charge is 2.34. The van der Waals surface area contributed by atoms with E-state index in [0.29, 0.717) is 30.5 Å². The Morgan fingerprint density at radius 2 is 1.63 bits per heavy atom.